The Morgan fingerprint density at radius 3 is 2.49 bits per heavy atom. The lowest BCUT2D eigenvalue weighted by Gasteiger charge is -2.35. The highest BCUT2D eigenvalue weighted by Gasteiger charge is 2.33. The Bertz CT molecular complexity index is 1220. The molecule has 35 heavy (non-hydrogen) atoms. The Labute approximate surface area is 210 Å². The predicted molar refractivity (Wildman–Crippen MR) is 133 cm³/mol. The van der Waals surface area contributed by atoms with Crippen LogP contribution in [0.2, 0.25) is 0 Å². The molecule has 184 valence electrons. The van der Waals surface area contributed by atoms with Crippen molar-refractivity contribution < 1.29 is 23.4 Å². The summed E-state index contributed by atoms with van der Waals surface area (Å²) in [7, 11) is 1.39. The van der Waals surface area contributed by atoms with E-state index < -0.39 is 17.2 Å². The van der Waals surface area contributed by atoms with Crippen LogP contribution in [0.3, 0.4) is 0 Å². The molecule has 5 rings (SSSR count). The maximum absolute atomic E-state index is 12.2. The van der Waals surface area contributed by atoms with Crippen molar-refractivity contribution in [1.29, 1.82) is 0 Å². The van der Waals surface area contributed by atoms with Crippen LogP contribution >= 0.6 is 11.3 Å². The van der Waals surface area contributed by atoms with Crippen LogP contribution in [0.15, 0.2) is 48.5 Å². The lowest BCUT2D eigenvalue weighted by atomic mass is 9.79. The van der Waals surface area contributed by atoms with E-state index in [9.17, 15) is 18.7 Å². The molecule has 1 N–H and O–H groups in total. The SMILES string of the molecule is COc1cc(C(=O)O)ccc1N(N1Cc2nc(C3CCC(c4ccccc4)CC3)sc2C1)S(=O)[O-]. The average molecular weight is 513 g/mol. The van der Waals surface area contributed by atoms with Gasteiger partial charge in [0.2, 0.25) is 0 Å². The molecule has 0 radical (unpaired) electrons. The van der Waals surface area contributed by atoms with Crippen LogP contribution in [-0.2, 0) is 24.4 Å². The standard InChI is InChI=1S/C25H27N3O5S2/c1-33-22-13-19(25(29)30)11-12-21(22)28(35(31)32)27-14-20-23(15-27)34-24(26-20)18-9-7-17(8-10-18)16-5-3-2-4-6-16/h2-6,11-13,17-18H,7-10,14-15H2,1H3,(H,29,30)(H,31,32)/p-1. The summed E-state index contributed by atoms with van der Waals surface area (Å²) in [6, 6.07) is 14.8. The normalized spacial score (nSPS) is 20.9. The van der Waals surface area contributed by atoms with Gasteiger partial charge in [-0.3, -0.25) is 4.21 Å². The van der Waals surface area contributed by atoms with Gasteiger partial charge < -0.3 is 14.4 Å². The fourth-order valence-electron chi connectivity index (χ4n) is 5.04. The first-order valence-corrected chi connectivity index (χ1v) is 13.4. The van der Waals surface area contributed by atoms with Gasteiger partial charge in [0.1, 0.15) is 11.4 Å². The van der Waals surface area contributed by atoms with Crippen molar-refractivity contribution in [3.8, 4) is 5.75 Å². The molecule has 1 atom stereocenters. The van der Waals surface area contributed by atoms with Gasteiger partial charge in [-0.2, -0.15) is 5.01 Å². The number of hydrogen-bond donors (Lipinski definition) is 1. The summed E-state index contributed by atoms with van der Waals surface area (Å²) in [5.41, 5.74) is 2.61. The minimum Gasteiger partial charge on any atom is -0.754 e. The number of hydrazine groups is 1. The number of aromatic carboxylic acids is 1. The van der Waals surface area contributed by atoms with Crippen LogP contribution in [0.4, 0.5) is 5.69 Å². The molecule has 0 bridgehead atoms. The predicted octanol–water partition coefficient (Wildman–Crippen LogP) is 4.82. The van der Waals surface area contributed by atoms with Gasteiger partial charge in [0, 0.05) is 10.8 Å². The fraction of sp³-hybridized carbons (Fsp3) is 0.360. The summed E-state index contributed by atoms with van der Waals surface area (Å²) in [5, 5.41) is 12.1. The van der Waals surface area contributed by atoms with Crippen molar-refractivity contribution >= 4 is 34.3 Å². The van der Waals surface area contributed by atoms with Crippen molar-refractivity contribution in [3.63, 3.8) is 0 Å². The van der Waals surface area contributed by atoms with Crippen molar-refractivity contribution in [1.82, 2.24) is 9.99 Å². The summed E-state index contributed by atoms with van der Waals surface area (Å²) >= 11 is -0.939. The highest BCUT2D eigenvalue weighted by atomic mass is 32.2. The molecular weight excluding hydrogens is 486 g/mol. The molecule has 1 aliphatic heterocycles. The Balaban J connectivity index is 1.29. The number of anilines is 1. The largest absolute Gasteiger partial charge is 0.754 e. The highest BCUT2D eigenvalue weighted by molar-refractivity contribution is 7.80. The maximum Gasteiger partial charge on any atom is 0.335 e. The van der Waals surface area contributed by atoms with Crippen LogP contribution in [0.5, 0.6) is 5.75 Å². The molecule has 2 aromatic carbocycles. The highest BCUT2D eigenvalue weighted by Crippen LogP contribution is 2.44. The number of carboxylic acids is 1. The van der Waals surface area contributed by atoms with E-state index in [1.165, 1.54) is 30.9 Å². The number of benzene rings is 2. The van der Waals surface area contributed by atoms with Crippen LogP contribution in [0.25, 0.3) is 0 Å². The molecule has 8 nitrogen and oxygen atoms in total. The molecule has 3 aromatic rings. The number of thiazole rings is 1. The second kappa shape index (κ2) is 10.1. The van der Waals surface area contributed by atoms with Gasteiger partial charge >= 0.3 is 5.97 Å². The van der Waals surface area contributed by atoms with E-state index >= 15 is 0 Å². The summed E-state index contributed by atoms with van der Waals surface area (Å²) < 4.78 is 30.8. The molecule has 0 spiro atoms. The number of ether oxygens (including phenoxy) is 1. The zero-order valence-electron chi connectivity index (χ0n) is 19.3. The molecule has 10 heteroatoms. The first-order valence-electron chi connectivity index (χ1n) is 11.5. The molecule has 1 unspecified atom stereocenters. The first-order chi connectivity index (χ1) is 16.9. The minimum absolute atomic E-state index is 0.0241. The number of fused-ring (bicyclic) bond motifs is 1. The van der Waals surface area contributed by atoms with Gasteiger partial charge in [0.25, 0.3) is 0 Å². The second-order valence-corrected chi connectivity index (χ2v) is 10.8. The van der Waals surface area contributed by atoms with Gasteiger partial charge in [0.05, 0.1) is 47.7 Å². The van der Waals surface area contributed by atoms with Crippen molar-refractivity contribution in [2.45, 2.75) is 50.6 Å². The second-order valence-electron chi connectivity index (χ2n) is 8.89. The van der Waals surface area contributed by atoms with Crippen molar-refractivity contribution in [2.75, 3.05) is 11.5 Å². The molecule has 1 aromatic heterocycles. The third-order valence-corrected chi connectivity index (χ3v) is 8.79. The molecule has 1 aliphatic carbocycles. The van der Waals surface area contributed by atoms with Crippen LogP contribution < -0.4 is 9.15 Å². The smallest absolute Gasteiger partial charge is 0.335 e. The average Bonchev–Trinajstić information content (AvgIpc) is 3.44. The monoisotopic (exact) mass is 512 g/mol. The number of aromatic nitrogens is 1. The Kier molecular flexibility index (Phi) is 6.88. The molecule has 2 aliphatic rings. The van der Waals surface area contributed by atoms with E-state index in [0.717, 1.165) is 45.7 Å². The van der Waals surface area contributed by atoms with E-state index in [1.54, 1.807) is 16.3 Å². The Morgan fingerprint density at radius 1 is 1.14 bits per heavy atom. The summed E-state index contributed by atoms with van der Waals surface area (Å²) in [4.78, 5) is 17.3. The third kappa shape index (κ3) is 4.84. The quantitative estimate of drug-likeness (QED) is 0.452. The van der Waals surface area contributed by atoms with Crippen LogP contribution in [-0.4, -0.2) is 36.9 Å². The van der Waals surface area contributed by atoms with Gasteiger partial charge in [-0.1, -0.05) is 30.3 Å². The van der Waals surface area contributed by atoms with Crippen LogP contribution in [0, 0.1) is 0 Å². The molecule has 0 amide bonds. The van der Waals surface area contributed by atoms with Crippen molar-refractivity contribution in [2.24, 2.45) is 0 Å². The van der Waals surface area contributed by atoms with E-state index in [2.05, 4.69) is 30.3 Å². The molecule has 2 heterocycles. The van der Waals surface area contributed by atoms with Crippen molar-refractivity contribution in [3.05, 3.63) is 75.2 Å². The van der Waals surface area contributed by atoms with Gasteiger partial charge in [-0.05, 0) is 55.4 Å². The first kappa shape index (κ1) is 23.9. The van der Waals surface area contributed by atoms with Gasteiger partial charge in [0.15, 0.2) is 0 Å². The number of nitrogens with zero attached hydrogens (tertiary/aromatic N) is 3. The molecule has 1 fully saturated rings. The summed E-state index contributed by atoms with van der Waals surface area (Å²) in [5.74, 6) is 0.126. The molecular formula is C25H26N3O5S2-. The number of hydrogen-bond acceptors (Lipinski definition) is 7. The molecule has 1 saturated carbocycles. The fourth-order valence-corrected chi connectivity index (χ4v) is 6.91. The third-order valence-electron chi connectivity index (χ3n) is 6.83. The topological polar surface area (TPSA) is 106 Å². The van der Waals surface area contributed by atoms with E-state index in [1.807, 2.05) is 0 Å². The van der Waals surface area contributed by atoms with Gasteiger partial charge in [-0.25, -0.2) is 14.2 Å². The maximum atomic E-state index is 12.2. The zero-order chi connectivity index (χ0) is 24.5. The molecule has 0 saturated heterocycles. The van der Waals surface area contributed by atoms with Gasteiger partial charge in [-0.15, -0.1) is 11.3 Å². The van der Waals surface area contributed by atoms with Crippen LogP contribution in [0.1, 0.15) is 69.0 Å². The zero-order valence-corrected chi connectivity index (χ0v) is 20.9. The Hall–Kier alpha value is -2.79. The lowest BCUT2D eigenvalue weighted by Crippen LogP contribution is -2.40. The Morgan fingerprint density at radius 2 is 1.86 bits per heavy atom. The minimum atomic E-state index is -2.62. The van der Waals surface area contributed by atoms with E-state index in [-0.39, 0.29) is 17.0 Å². The number of rotatable bonds is 7. The summed E-state index contributed by atoms with van der Waals surface area (Å²) in [6.07, 6.45) is 4.53. The van der Waals surface area contributed by atoms with E-state index in [4.69, 9.17) is 9.72 Å². The number of carboxylic acid groups (broad SMARTS) is 1. The summed E-state index contributed by atoms with van der Waals surface area (Å²) in [6.45, 7) is 0.785. The van der Waals surface area contributed by atoms with E-state index in [0.29, 0.717) is 24.9 Å². The number of carbonyl (C=O) groups is 1. The lowest BCUT2D eigenvalue weighted by molar-refractivity contribution is 0.0696. The number of methoxy groups -OCH3 is 1.